The van der Waals surface area contributed by atoms with Crippen molar-refractivity contribution < 1.29 is 9.26 Å². The van der Waals surface area contributed by atoms with Gasteiger partial charge in [-0.25, -0.2) is 0 Å². The maximum atomic E-state index is 5.63. The Morgan fingerprint density at radius 3 is 3.11 bits per heavy atom. The topological polar surface area (TPSA) is 60.2 Å². The highest BCUT2D eigenvalue weighted by molar-refractivity contribution is 5.04. The third kappa shape index (κ3) is 2.41. The van der Waals surface area contributed by atoms with Gasteiger partial charge in [0.2, 0.25) is 11.7 Å². The maximum Gasteiger partial charge on any atom is 0.244 e. The van der Waals surface area contributed by atoms with Crippen molar-refractivity contribution in [2.45, 2.75) is 51.7 Å². The van der Waals surface area contributed by atoms with Gasteiger partial charge in [0.1, 0.15) is 6.10 Å². The van der Waals surface area contributed by atoms with Crippen LogP contribution in [0.15, 0.2) is 4.52 Å². The summed E-state index contributed by atoms with van der Waals surface area (Å²) in [5.74, 6) is 2.93. The number of hydrogen-bond donors (Lipinski definition) is 1. The van der Waals surface area contributed by atoms with Crippen LogP contribution in [-0.2, 0) is 4.74 Å². The van der Waals surface area contributed by atoms with Crippen LogP contribution < -0.4 is 5.32 Å². The Kier molecular flexibility index (Phi) is 3.84. The molecule has 0 spiro atoms. The first kappa shape index (κ1) is 13.1. The summed E-state index contributed by atoms with van der Waals surface area (Å²) in [6, 6.07) is 0.257. The molecule has 0 bridgehead atoms. The minimum Gasteiger partial charge on any atom is -0.370 e. The fourth-order valence-corrected chi connectivity index (χ4v) is 3.54. The van der Waals surface area contributed by atoms with Gasteiger partial charge in [0.15, 0.2) is 0 Å². The standard InChI is InChI=1S/C14H23N3O2/c1-3-11(18-4-2)13-16-14(19-17-13)12-10-7-5-6-9(10)8-15-12/h9-12,15H,3-8H2,1-2H3. The van der Waals surface area contributed by atoms with E-state index in [1.54, 1.807) is 0 Å². The monoisotopic (exact) mass is 265 g/mol. The Morgan fingerprint density at radius 2 is 2.32 bits per heavy atom. The Hall–Kier alpha value is -0.940. The van der Waals surface area contributed by atoms with Crippen LogP contribution in [0.4, 0.5) is 0 Å². The molecule has 1 aliphatic heterocycles. The summed E-state index contributed by atoms with van der Waals surface area (Å²) < 4.78 is 11.1. The van der Waals surface area contributed by atoms with E-state index in [-0.39, 0.29) is 12.1 Å². The van der Waals surface area contributed by atoms with Crippen LogP contribution in [0.2, 0.25) is 0 Å². The summed E-state index contributed by atoms with van der Waals surface area (Å²) in [7, 11) is 0. The van der Waals surface area contributed by atoms with Gasteiger partial charge < -0.3 is 14.6 Å². The molecule has 2 fully saturated rings. The van der Waals surface area contributed by atoms with Crippen molar-refractivity contribution in [2.75, 3.05) is 13.2 Å². The van der Waals surface area contributed by atoms with E-state index in [2.05, 4.69) is 22.4 Å². The fourth-order valence-electron chi connectivity index (χ4n) is 3.54. The molecule has 2 heterocycles. The molecule has 0 radical (unpaired) electrons. The van der Waals surface area contributed by atoms with Gasteiger partial charge in [-0.2, -0.15) is 4.98 Å². The Bertz CT molecular complexity index is 421. The lowest BCUT2D eigenvalue weighted by Gasteiger charge is -2.13. The van der Waals surface area contributed by atoms with E-state index in [4.69, 9.17) is 9.26 Å². The lowest BCUT2D eigenvalue weighted by Crippen LogP contribution is -2.18. The second-order valence-electron chi connectivity index (χ2n) is 5.58. The van der Waals surface area contributed by atoms with Crippen LogP contribution in [-0.4, -0.2) is 23.3 Å². The van der Waals surface area contributed by atoms with Gasteiger partial charge in [-0.1, -0.05) is 18.5 Å². The lowest BCUT2D eigenvalue weighted by atomic mass is 9.94. The number of ether oxygens (including phenoxy) is 1. The zero-order valence-corrected chi connectivity index (χ0v) is 11.8. The number of nitrogens with one attached hydrogen (secondary N) is 1. The van der Waals surface area contributed by atoms with E-state index in [1.807, 2.05) is 6.92 Å². The number of hydrogen-bond acceptors (Lipinski definition) is 5. The number of fused-ring (bicyclic) bond motifs is 1. The third-order valence-corrected chi connectivity index (χ3v) is 4.50. The molecular weight excluding hydrogens is 242 g/mol. The van der Waals surface area contributed by atoms with Crippen molar-refractivity contribution in [2.24, 2.45) is 11.8 Å². The molecule has 5 heteroatoms. The molecule has 1 N–H and O–H groups in total. The first-order chi connectivity index (χ1) is 9.33. The SMILES string of the molecule is CCOC(CC)c1noc(C2NCC3CCCC32)n1. The van der Waals surface area contributed by atoms with Crippen molar-refractivity contribution in [3.05, 3.63) is 11.7 Å². The molecule has 5 nitrogen and oxygen atoms in total. The predicted octanol–water partition coefficient (Wildman–Crippen LogP) is 2.62. The van der Waals surface area contributed by atoms with Crippen molar-refractivity contribution in [3.8, 4) is 0 Å². The second-order valence-corrected chi connectivity index (χ2v) is 5.58. The molecule has 1 saturated carbocycles. The maximum absolute atomic E-state index is 5.63. The Balaban J connectivity index is 1.74. The molecule has 1 saturated heterocycles. The molecule has 0 aromatic carbocycles. The number of nitrogens with zero attached hydrogens (tertiary/aromatic N) is 2. The normalized spacial score (nSPS) is 31.6. The minimum atomic E-state index is -0.0386. The highest BCUT2D eigenvalue weighted by Gasteiger charge is 2.42. The smallest absolute Gasteiger partial charge is 0.244 e. The summed E-state index contributed by atoms with van der Waals surface area (Å²) in [6.45, 7) is 5.84. The Labute approximate surface area is 114 Å². The molecule has 2 aliphatic rings. The van der Waals surface area contributed by atoms with Gasteiger partial charge in [-0.05, 0) is 44.6 Å². The molecule has 4 atom stereocenters. The van der Waals surface area contributed by atoms with Gasteiger partial charge in [0.25, 0.3) is 0 Å². The first-order valence-corrected chi connectivity index (χ1v) is 7.52. The quantitative estimate of drug-likeness (QED) is 0.886. The average Bonchev–Trinajstić information content (AvgIpc) is 3.10. The predicted molar refractivity (Wildman–Crippen MR) is 70.5 cm³/mol. The van der Waals surface area contributed by atoms with E-state index in [9.17, 15) is 0 Å². The highest BCUT2D eigenvalue weighted by atomic mass is 16.5. The first-order valence-electron chi connectivity index (χ1n) is 7.52. The van der Waals surface area contributed by atoms with E-state index in [0.717, 1.165) is 24.8 Å². The van der Waals surface area contributed by atoms with E-state index in [0.29, 0.717) is 18.3 Å². The van der Waals surface area contributed by atoms with Gasteiger partial charge >= 0.3 is 0 Å². The van der Waals surface area contributed by atoms with Crippen LogP contribution >= 0.6 is 0 Å². The van der Waals surface area contributed by atoms with Gasteiger partial charge in [-0.3, -0.25) is 0 Å². The zero-order chi connectivity index (χ0) is 13.2. The van der Waals surface area contributed by atoms with Crippen LogP contribution in [0.3, 0.4) is 0 Å². The van der Waals surface area contributed by atoms with Crippen LogP contribution in [0.1, 0.15) is 63.4 Å². The highest BCUT2D eigenvalue weighted by Crippen LogP contribution is 2.43. The van der Waals surface area contributed by atoms with Crippen LogP contribution in [0.25, 0.3) is 0 Å². The average molecular weight is 265 g/mol. The molecule has 1 aromatic heterocycles. The van der Waals surface area contributed by atoms with Crippen LogP contribution in [0, 0.1) is 11.8 Å². The zero-order valence-electron chi connectivity index (χ0n) is 11.8. The number of rotatable bonds is 5. The van der Waals surface area contributed by atoms with Gasteiger partial charge in [0, 0.05) is 6.61 Å². The van der Waals surface area contributed by atoms with E-state index in [1.165, 1.54) is 19.3 Å². The van der Waals surface area contributed by atoms with Crippen molar-refractivity contribution >= 4 is 0 Å². The van der Waals surface area contributed by atoms with Gasteiger partial charge in [0.05, 0.1) is 6.04 Å². The summed E-state index contributed by atoms with van der Waals surface area (Å²) in [4.78, 5) is 4.58. The molecular formula is C14H23N3O2. The van der Waals surface area contributed by atoms with Crippen molar-refractivity contribution in [1.82, 2.24) is 15.5 Å². The molecule has 1 aromatic rings. The summed E-state index contributed by atoms with van der Waals surface area (Å²) in [5.41, 5.74) is 0. The summed E-state index contributed by atoms with van der Waals surface area (Å²) in [6.07, 6.45) is 4.79. The molecule has 106 valence electrons. The molecule has 0 amide bonds. The largest absolute Gasteiger partial charge is 0.370 e. The second kappa shape index (κ2) is 5.59. The molecule has 3 rings (SSSR count). The fraction of sp³-hybridized carbons (Fsp3) is 0.857. The lowest BCUT2D eigenvalue weighted by molar-refractivity contribution is 0.0518. The van der Waals surface area contributed by atoms with E-state index < -0.39 is 0 Å². The Morgan fingerprint density at radius 1 is 1.42 bits per heavy atom. The molecule has 4 unspecified atom stereocenters. The van der Waals surface area contributed by atoms with Crippen LogP contribution in [0.5, 0.6) is 0 Å². The third-order valence-electron chi connectivity index (χ3n) is 4.50. The summed E-state index contributed by atoms with van der Waals surface area (Å²) in [5, 5.41) is 7.65. The van der Waals surface area contributed by atoms with E-state index >= 15 is 0 Å². The van der Waals surface area contributed by atoms with Crippen molar-refractivity contribution in [3.63, 3.8) is 0 Å². The molecule has 1 aliphatic carbocycles. The minimum absolute atomic E-state index is 0.0386. The molecule has 19 heavy (non-hydrogen) atoms. The summed E-state index contributed by atoms with van der Waals surface area (Å²) >= 11 is 0. The number of aromatic nitrogens is 2. The van der Waals surface area contributed by atoms with Crippen molar-refractivity contribution in [1.29, 1.82) is 0 Å². The van der Waals surface area contributed by atoms with Gasteiger partial charge in [-0.15, -0.1) is 0 Å².